The normalized spacial score (nSPS) is 20.8. The van der Waals surface area contributed by atoms with E-state index in [1.54, 1.807) is 29.1 Å². The Morgan fingerprint density at radius 1 is 0.967 bits per heavy atom. The third-order valence-electron chi connectivity index (χ3n) is 6.00. The molecule has 2 saturated carbocycles. The van der Waals surface area contributed by atoms with Gasteiger partial charge in [-0.15, -0.1) is 0 Å². The van der Waals surface area contributed by atoms with Gasteiger partial charge in [0, 0.05) is 36.7 Å². The van der Waals surface area contributed by atoms with Crippen molar-refractivity contribution in [1.82, 2.24) is 19.5 Å². The molecule has 3 aromatic heterocycles. The number of aromatic nitrogens is 4. The van der Waals surface area contributed by atoms with Crippen LogP contribution < -0.4 is 16.2 Å². The van der Waals surface area contributed by atoms with Crippen LogP contribution in [0.25, 0.3) is 5.69 Å². The van der Waals surface area contributed by atoms with Crippen molar-refractivity contribution < 1.29 is 0 Å². The molecule has 0 unspecified atom stereocenters. The lowest BCUT2D eigenvalue weighted by molar-refractivity contribution is 0.716. The van der Waals surface area contributed by atoms with E-state index < -0.39 is 0 Å². The first kappa shape index (κ1) is 18.8. The standard InChI is InChI=1S/C23H26N6O/c1-15-10-21(24-14-20(15)29-9-3-2-4-22(29)30)27-18-7-8-19(11-18)28-23-25-12-17(13-26-23)16-5-6-16/h2-4,9-10,12-14,16,18-19H,5-8,11H2,1H3,(H,24,27)(H,25,26,28)/t18-,19-/m0/s1. The Balaban J connectivity index is 1.20. The van der Waals surface area contributed by atoms with Crippen molar-refractivity contribution in [2.24, 2.45) is 0 Å². The summed E-state index contributed by atoms with van der Waals surface area (Å²) < 4.78 is 1.62. The van der Waals surface area contributed by atoms with E-state index >= 15 is 0 Å². The molecule has 0 saturated heterocycles. The van der Waals surface area contributed by atoms with Gasteiger partial charge in [0.25, 0.3) is 5.56 Å². The second kappa shape index (κ2) is 7.89. The molecule has 2 atom stereocenters. The summed E-state index contributed by atoms with van der Waals surface area (Å²) in [5, 5.41) is 7.01. The number of hydrogen-bond donors (Lipinski definition) is 2. The smallest absolute Gasteiger partial charge is 0.255 e. The molecule has 3 aromatic rings. The van der Waals surface area contributed by atoms with Crippen LogP contribution in [0.2, 0.25) is 0 Å². The van der Waals surface area contributed by atoms with Crippen LogP contribution in [-0.4, -0.2) is 31.6 Å². The third-order valence-corrected chi connectivity index (χ3v) is 6.00. The average molecular weight is 403 g/mol. The number of hydrogen-bond acceptors (Lipinski definition) is 6. The third kappa shape index (κ3) is 4.06. The van der Waals surface area contributed by atoms with Gasteiger partial charge in [-0.25, -0.2) is 15.0 Å². The van der Waals surface area contributed by atoms with Gasteiger partial charge in [0.15, 0.2) is 0 Å². The zero-order valence-electron chi connectivity index (χ0n) is 17.1. The monoisotopic (exact) mass is 402 g/mol. The van der Waals surface area contributed by atoms with Crippen LogP contribution in [0.4, 0.5) is 11.8 Å². The molecule has 0 bridgehead atoms. The first-order valence-corrected chi connectivity index (χ1v) is 10.7. The summed E-state index contributed by atoms with van der Waals surface area (Å²) >= 11 is 0. The summed E-state index contributed by atoms with van der Waals surface area (Å²) in [7, 11) is 0. The van der Waals surface area contributed by atoms with E-state index in [1.165, 1.54) is 18.4 Å². The molecule has 0 amide bonds. The van der Waals surface area contributed by atoms with Crippen LogP contribution in [0.5, 0.6) is 0 Å². The maximum atomic E-state index is 12.1. The van der Waals surface area contributed by atoms with Crippen molar-refractivity contribution in [2.45, 2.75) is 57.0 Å². The SMILES string of the molecule is Cc1cc(N[C@H]2CC[C@H](Nc3ncc(C4CC4)cn3)C2)ncc1-n1ccccc1=O. The fraction of sp³-hybridized carbons (Fsp3) is 0.391. The fourth-order valence-electron chi connectivity index (χ4n) is 4.18. The predicted octanol–water partition coefficient (Wildman–Crippen LogP) is 3.65. The van der Waals surface area contributed by atoms with E-state index in [4.69, 9.17) is 0 Å². The Morgan fingerprint density at radius 3 is 2.43 bits per heavy atom. The van der Waals surface area contributed by atoms with Crippen LogP contribution in [0.15, 0.2) is 53.8 Å². The minimum atomic E-state index is -0.0554. The minimum Gasteiger partial charge on any atom is -0.367 e. The van der Waals surface area contributed by atoms with Crippen molar-refractivity contribution in [1.29, 1.82) is 0 Å². The van der Waals surface area contributed by atoms with E-state index in [-0.39, 0.29) is 5.56 Å². The highest BCUT2D eigenvalue weighted by Gasteiger charge is 2.27. The molecule has 0 aromatic carbocycles. The zero-order valence-corrected chi connectivity index (χ0v) is 17.1. The van der Waals surface area contributed by atoms with Crippen molar-refractivity contribution in [3.05, 3.63) is 70.5 Å². The highest BCUT2D eigenvalue weighted by atomic mass is 16.1. The lowest BCUT2D eigenvalue weighted by Gasteiger charge is -2.16. The number of pyridine rings is 2. The number of nitrogens with zero attached hydrogens (tertiary/aromatic N) is 4. The Morgan fingerprint density at radius 2 is 1.73 bits per heavy atom. The summed E-state index contributed by atoms with van der Waals surface area (Å²) in [6.07, 6.45) is 13.1. The second-order valence-corrected chi connectivity index (χ2v) is 8.37. The second-order valence-electron chi connectivity index (χ2n) is 8.37. The van der Waals surface area contributed by atoms with Gasteiger partial charge >= 0.3 is 0 Å². The summed E-state index contributed by atoms with van der Waals surface area (Å²) in [6.45, 7) is 2.00. The van der Waals surface area contributed by atoms with E-state index in [2.05, 4.69) is 25.6 Å². The highest BCUT2D eigenvalue weighted by molar-refractivity contribution is 5.48. The van der Waals surface area contributed by atoms with E-state index in [0.717, 1.165) is 42.3 Å². The quantitative estimate of drug-likeness (QED) is 0.655. The highest BCUT2D eigenvalue weighted by Crippen LogP contribution is 2.39. The molecular formula is C23H26N6O. The maximum Gasteiger partial charge on any atom is 0.255 e. The van der Waals surface area contributed by atoms with Crippen molar-refractivity contribution in [3.63, 3.8) is 0 Å². The lowest BCUT2D eigenvalue weighted by atomic mass is 10.2. The molecule has 2 N–H and O–H groups in total. The maximum absolute atomic E-state index is 12.1. The van der Waals surface area contributed by atoms with Crippen LogP contribution >= 0.6 is 0 Å². The number of anilines is 2. The van der Waals surface area contributed by atoms with Gasteiger partial charge in [0.2, 0.25) is 5.95 Å². The molecule has 0 radical (unpaired) electrons. The van der Waals surface area contributed by atoms with Gasteiger partial charge in [0.05, 0.1) is 11.9 Å². The lowest BCUT2D eigenvalue weighted by Crippen LogP contribution is -2.22. The summed E-state index contributed by atoms with van der Waals surface area (Å²) in [4.78, 5) is 25.6. The molecule has 2 fully saturated rings. The first-order chi connectivity index (χ1) is 14.7. The Labute approximate surface area is 175 Å². The molecule has 2 aliphatic rings. The molecule has 154 valence electrons. The molecule has 2 aliphatic carbocycles. The number of rotatable bonds is 6. The van der Waals surface area contributed by atoms with Crippen molar-refractivity contribution in [3.8, 4) is 5.69 Å². The van der Waals surface area contributed by atoms with E-state index in [9.17, 15) is 4.79 Å². The molecule has 7 nitrogen and oxygen atoms in total. The Hall–Kier alpha value is -3.22. The van der Waals surface area contributed by atoms with E-state index in [0.29, 0.717) is 18.0 Å². The van der Waals surface area contributed by atoms with Gasteiger partial charge in [-0.2, -0.15) is 0 Å². The predicted molar refractivity (Wildman–Crippen MR) is 117 cm³/mol. The van der Waals surface area contributed by atoms with Crippen LogP contribution in [-0.2, 0) is 0 Å². The Bertz CT molecular complexity index is 1090. The number of nitrogens with one attached hydrogen (secondary N) is 2. The van der Waals surface area contributed by atoms with Crippen molar-refractivity contribution in [2.75, 3.05) is 10.6 Å². The minimum absolute atomic E-state index is 0.0554. The van der Waals surface area contributed by atoms with Gasteiger partial charge in [-0.05, 0) is 68.2 Å². The molecule has 5 rings (SSSR count). The molecular weight excluding hydrogens is 376 g/mol. The first-order valence-electron chi connectivity index (χ1n) is 10.7. The van der Waals surface area contributed by atoms with Gasteiger partial charge in [-0.1, -0.05) is 6.07 Å². The van der Waals surface area contributed by atoms with Crippen LogP contribution in [0.3, 0.4) is 0 Å². The largest absolute Gasteiger partial charge is 0.367 e. The average Bonchev–Trinajstić information content (AvgIpc) is 3.51. The topological polar surface area (TPSA) is 84.7 Å². The van der Waals surface area contributed by atoms with Gasteiger partial charge in [-0.3, -0.25) is 9.36 Å². The van der Waals surface area contributed by atoms with Gasteiger partial charge in [0.1, 0.15) is 5.82 Å². The molecule has 7 heteroatoms. The van der Waals surface area contributed by atoms with Crippen molar-refractivity contribution >= 4 is 11.8 Å². The summed E-state index contributed by atoms with van der Waals surface area (Å²) in [6, 6.07) is 7.87. The molecule has 3 heterocycles. The number of aryl methyl sites for hydroxylation is 1. The summed E-state index contributed by atoms with van der Waals surface area (Å²) in [5.74, 6) is 2.24. The fourth-order valence-corrected chi connectivity index (χ4v) is 4.18. The van der Waals surface area contributed by atoms with Crippen LogP contribution in [0.1, 0.15) is 49.1 Å². The Kier molecular flexibility index (Phi) is 4.94. The summed E-state index contributed by atoms with van der Waals surface area (Å²) in [5.41, 5.74) is 3.02. The molecule has 0 spiro atoms. The van der Waals surface area contributed by atoms with Gasteiger partial charge < -0.3 is 10.6 Å². The molecule has 0 aliphatic heterocycles. The van der Waals surface area contributed by atoms with E-state index in [1.807, 2.05) is 31.5 Å². The van der Waals surface area contributed by atoms with Crippen LogP contribution in [0, 0.1) is 6.92 Å². The molecule has 30 heavy (non-hydrogen) atoms. The zero-order chi connectivity index (χ0) is 20.5.